The molecule has 0 radical (unpaired) electrons. The highest BCUT2D eigenvalue weighted by Crippen LogP contribution is 2.17. The number of amides is 1. The number of carbonyl (C=O) groups is 1. The molecule has 2 aromatic carbocycles. The van der Waals surface area contributed by atoms with Crippen LogP contribution in [0.1, 0.15) is 6.92 Å². The normalized spacial score (nSPS) is 12.0. The summed E-state index contributed by atoms with van der Waals surface area (Å²) in [6.07, 6.45) is 2.15. The Morgan fingerprint density at radius 3 is 2.25 bits per heavy atom. The van der Waals surface area contributed by atoms with Gasteiger partial charge in [0.1, 0.15) is 5.75 Å². The summed E-state index contributed by atoms with van der Waals surface area (Å²) in [5, 5.41) is 2.69. The van der Waals surface area contributed by atoms with E-state index < -0.39 is 16.1 Å². The van der Waals surface area contributed by atoms with Gasteiger partial charge in [-0.15, -0.1) is 0 Å². The van der Waals surface area contributed by atoms with Crippen LogP contribution in [0.2, 0.25) is 0 Å². The van der Waals surface area contributed by atoms with Gasteiger partial charge in [-0.25, -0.2) is 23.1 Å². The monoisotopic (exact) mass is 398 g/mol. The topological polar surface area (TPSA) is 110 Å². The quantitative estimate of drug-likeness (QED) is 0.633. The summed E-state index contributed by atoms with van der Waals surface area (Å²) in [6.45, 7) is 1.63. The Morgan fingerprint density at radius 1 is 0.964 bits per heavy atom. The third kappa shape index (κ3) is 5.04. The summed E-state index contributed by atoms with van der Waals surface area (Å²) >= 11 is 0. The number of benzene rings is 2. The lowest BCUT2D eigenvalue weighted by atomic mass is 10.3. The largest absolute Gasteiger partial charge is 0.481 e. The lowest BCUT2D eigenvalue weighted by molar-refractivity contribution is -0.122. The first-order valence-electron chi connectivity index (χ1n) is 8.36. The van der Waals surface area contributed by atoms with Crippen LogP contribution in [0.3, 0.4) is 0 Å². The van der Waals surface area contributed by atoms with Crippen molar-refractivity contribution >= 4 is 27.6 Å². The summed E-state index contributed by atoms with van der Waals surface area (Å²) < 4.78 is 32.5. The molecule has 0 aliphatic heterocycles. The second-order valence-electron chi connectivity index (χ2n) is 5.76. The molecule has 0 bridgehead atoms. The molecule has 9 heteroatoms. The van der Waals surface area contributed by atoms with Crippen LogP contribution < -0.4 is 14.8 Å². The molecule has 3 aromatic rings. The van der Waals surface area contributed by atoms with Gasteiger partial charge in [0, 0.05) is 18.1 Å². The second-order valence-corrected chi connectivity index (χ2v) is 7.45. The maximum atomic E-state index is 12.3. The summed E-state index contributed by atoms with van der Waals surface area (Å²) in [4.78, 5) is 19.9. The Labute approximate surface area is 162 Å². The maximum absolute atomic E-state index is 12.3. The van der Waals surface area contributed by atoms with E-state index in [-0.39, 0.29) is 16.8 Å². The highest BCUT2D eigenvalue weighted by atomic mass is 32.2. The number of anilines is 2. The summed E-state index contributed by atoms with van der Waals surface area (Å²) in [6, 6.07) is 16.3. The minimum Gasteiger partial charge on any atom is -0.481 e. The van der Waals surface area contributed by atoms with Crippen molar-refractivity contribution in [2.45, 2.75) is 17.9 Å². The first kappa shape index (κ1) is 19.3. The second kappa shape index (κ2) is 8.49. The number of sulfonamides is 1. The molecule has 2 N–H and O–H groups in total. The Morgan fingerprint density at radius 2 is 1.61 bits per heavy atom. The first-order chi connectivity index (χ1) is 13.4. The van der Waals surface area contributed by atoms with Gasteiger partial charge in [-0.2, -0.15) is 0 Å². The van der Waals surface area contributed by atoms with Crippen molar-refractivity contribution in [2.24, 2.45) is 0 Å². The fourth-order valence-corrected chi connectivity index (χ4v) is 3.21. The molecule has 8 nitrogen and oxygen atoms in total. The van der Waals surface area contributed by atoms with Crippen LogP contribution in [0.15, 0.2) is 78.0 Å². The number of nitrogens with one attached hydrogen (secondary N) is 2. The van der Waals surface area contributed by atoms with Gasteiger partial charge in [-0.05, 0) is 49.4 Å². The van der Waals surface area contributed by atoms with Crippen LogP contribution in [-0.4, -0.2) is 30.4 Å². The molecule has 3 rings (SSSR count). The lowest BCUT2D eigenvalue weighted by Gasteiger charge is -2.15. The number of hydrogen-bond donors (Lipinski definition) is 2. The number of rotatable bonds is 7. The zero-order valence-electron chi connectivity index (χ0n) is 14.9. The summed E-state index contributed by atoms with van der Waals surface area (Å²) in [7, 11) is -3.83. The molecule has 1 aromatic heterocycles. The molecular formula is C19H18N4O4S. The van der Waals surface area contributed by atoms with E-state index in [4.69, 9.17) is 4.74 Å². The number of ether oxygens (including phenoxy) is 1. The van der Waals surface area contributed by atoms with E-state index in [0.29, 0.717) is 11.4 Å². The number of nitrogens with zero attached hydrogens (tertiary/aromatic N) is 2. The van der Waals surface area contributed by atoms with E-state index in [1.54, 1.807) is 25.1 Å². The predicted molar refractivity (Wildman–Crippen MR) is 104 cm³/mol. The van der Waals surface area contributed by atoms with Crippen molar-refractivity contribution in [3.05, 3.63) is 73.1 Å². The Hall–Kier alpha value is -3.46. The van der Waals surface area contributed by atoms with Crippen LogP contribution in [0.25, 0.3) is 0 Å². The Kier molecular flexibility index (Phi) is 5.85. The zero-order valence-corrected chi connectivity index (χ0v) is 15.8. The standard InChI is InChI=1S/C19H18N4O4S/c1-14(27-16-6-3-2-4-7-16)18(24)22-15-8-10-17(11-9-15)28(25,26)23-19-20-12-5-13-21-19/h2-14H,1H3,(H,22,24)(H,20,21,23)/t14-/m0/s1. The van der Waals surface area contributed by atoms with E-state index in [2.05, 4.69) is 20.0 Å². The van der Waals surface area contributed by atoms with Gasteiger partial charge in [0.15, 0.2) is 6.10 Å². The predicted octanol–water partition coefficient (Wildman–Crippen LogP) is 2.68. The number of hydrogen-bond acceptors (Lipinski definition) is 6. The molecule has 0 saturated heterocycles. The van der Waals surface area contributed by atoms with E-state index in [9.17, 15) is 13.2 Å². The van der Waals surface area contributed by atoms with Crippen molar-refractivity contribution in [1.29, 1.82) is 0 Å². The third-order valence-electron chi connectivity index (χ3n) is 3.65. The average Bonchev–Trinajstić information content (AvgIpc) is 2.69. The summed E-state index contributed by atoms with van der Waals surface area (Å²) in [5.41, 5.74) is 0.448. The molecule has 1 amide bonds. The van der Waals surface area contributed by atoms with Crippen LogP contribution >= 0.6 is 0 Å². The highest BCUT2D eigenvalue weighted by molar-refractivity contribution is 7.92. The molecule has 1 atom stereocenters. The molecule has 0 unspecified atom stereocenters. The van der Waals surface area contributed by atoms with Crippen molar-refractivity contribution in [3.63, 3.8) is 0 Å². The van der Waals surface area contributed by atoms with Crippen molar-refractivity contribution < 1.29 is 17.9 Å². The van der Waals surface area contributed by atoms with Gasteiger partial charge in [-0.3, -0.25) is 4.79 Å². The fraction of sp³-hybridized carbons (Fsp3) is 0.105. The van der Waals surface area contributed by atoms with Gasteiger partial charge in [-0.1, -0.05) is 18.2 Å². The number of aromatic nitrogens is 2. The van der Waals surface area contributed by atoms with Crippen LogP contribution in [0.4, 0.5) is 11.6 Å². The van der Waals surface area contributed by atoms with Crippen LogP contribution in [0.5, 0.6) is 5.75 Å². The first-order valence-corrected chi connectivity index (χ1v) is 9.85. The van der Waals surface area contributed by atoms with E-state index in [1.807, 2.05) is 18.2 Å². The molecule has 0 saturated carbocycles. The maximum Gasteiger partial charge on any atom is 0.265 e. The molecule has 28 heavy (non-hydrogen) atoms. The van der Waals surface area contributed by atoms with Crippen molar-refractivity contribution in [2.75, 3.05) is 10.0 Å². The van der Waals surface area contributed by atoms with Crippen molar-refractivity contribution in [3.8, 4) is 5.75 Å². The van der Waals surface area contributed by atoms with E-state index in [0.717, 1.165) is 0 Å². The highest BCUT2D eigenvalue weighted by Gasteiger charge is 2.17. The zero-order chi connectivity index (χ0) is 20.0. The van der Waals surface area contributed by atoms with Crippen molar-refractivity contribution in [1.82, 2.24) is 9.97 Å². The smallest absolute Gasteiger partial charge is 0.265 e. The molecule has 144 valence electrons. The SMILES string of the molecule is C[C@H](Oc1ccccc1)C(=O)Nc1ccc(S(=O)(=O)Nc2ncccn2)cc1. The van der Waals surface area contributed by atoms with Gasteiger partial charge in [0.25, 0.3) is 15.9 Å². The Balaban J connectivity index is 1.63. The lowest BCUT2D eigenvalue weighted by Crippen LogP contribution is -2.30. The van der Waals surface area contributed by atoms with Gasteiger partial charge in [0.2, 0.25) is 5.95 Å². The molecular weight excluding hydrogens is 380 g/mol. The molecule has 0 spiro atoms. The van der Waals surface area contributed by atoms with Crippen LogP contribution in [-0.2, 0) is 14.8 Å². The molecule has 0 aliphatic carbocycles. The average molecular weight is 398 g/mol. The number of carbonyl (C=O) groups excluding carboxylic acids is 1. The molecule has 0 fully saturated rings. The molecule has 0 aliphatic rings. The molecule has 1 heterocycles. The van der Waals surface area contributed by atoms with Crippen LogP contribution in [0, 0.1) is 0 Å². The van der Waals surface area contributed by atoms with E-state index >= 15 is 0 Å². The Bertz CT molecular complexity index is 1030. The van der Waals surface area contributed by atoms with Gasteiger partial charge < -0.3 is 10.1 Å². The van der Waals surface area contributed by atoms with Gasteiger partial charge in [0.05, 0.1) is 4.90 Å². The van der Waals surface area contributed by atoms with E-state index in [1.165, 1.54) is 36.7 Å². The number of para-hydroxylation sites is 1. The third-order valence-corrected chi connectivity index (χ3v) is 4.99. The van der Waals surface area contributed by atoms with Gasteiger partial charge >= 0.3 is 0 Å². The fourth-order valence-electron chi connectivity index (χ4n) is 2.25. The minimum absolute atomic E-state index is 0.0199. The minimum atomic E-state index is -3.83. The summed E-state index contributed by atoms with van der Waals surface area (Å²) in [5.74, 6) is 0.211.